The van der Waals surface area contributed by atoms with Crippen LogP contribution in [0.15, 0.2) is 53.4 Å². The van der Waals surface area contributed by atoms with Crippen molar-refractivity contribution in [3.05, 3.63) is 59.7 Å². The number of sulfonamides is 1. The molecule has 6 heteroatoms. The summed E-state index contributed by atoms with van der Waals surface area (Å²) in [6.07, 6.45) is 2.23. The molecule has 5 nitrogen and oxygen atoms in total. The number of hydrogen-bond donors (Lipinski definition) is 1. The van der Waals surface area contributed by atoms with Crippen molar-refractivity contribution >= 4 is 21.6 Å². The highest BCUT2D eigenvalue weighted by Gasteiger charge is 2.44. The van der Waals surface area contributed by atoms with Gasteiger partial charge < -0.3 is 4.90 Å². The highest BCUT2D eigenvalue weighted by atomic mass is 32.2. The van der Waals surface area contributed by atoms with Gasteiger partial charge in [-0.3, -0.25) is 4.79 Å². The van der Waals surface area contributed by atoms with E-state index < -0.39 is 10.0 Å². The van der Waals surface area contributed by atoms with Gasteiger partial charge in [0.15, 0.2) is 0 Å². The average Bonchev–Trinajstić information content (AvgIpc) is 3.36. The fraction of sp³-hybridized carbons (Fsp3) is 0.316. The van der Waals surface area contributed by atoms with Crippen LogP contribution in [-0.4, -0.2) is 27.9 Å². The summed E-state index contributed by atoms with van der Waals surface area (Å²) in [5, 5.41) is 0. The minimum atomic E-state index is -3.60. The highest BCUT2D eigenvalue weighted by Crippen LogP contribution is 2.47. The Morgan fingerprint density at radius 3 is 2.52 bits per heavy atom. The van der Waals surface area contributed by atoms with E-state index in [2.05, 4.69) is 16.9 Å². The molecule has 1 aliphatic heterocycles. The maximum atomic E-state index is 12.7. The molecule has 0 saturated heterocycles. The fourth-order valence-electron chi connectivity index (χ4n) is 3.44. The lowest BCUT2D eigenvalue weighted by molar-refractivity contribution is -0.117. The zero-order chi connectivity index (χ0) is 17.7. The number of carbonyl (C=O) groups excluding carboxylic acids is 1. The van der Waals surface area contributed by atoms with Gasteiger partial charge in [-0.05, 0) is 42.2 Å². The van der Waals surface area contributed by atoms with Crippen molar-refractivity contribution < 1.29 is 13.2 Å². The van der Waals surface area contributed by atoms with Crippen molar-refractivity contribution in [3.8, 4) is 0 Å². The molecule has 1 N–H and O–H groups in total. The molecule has 1 aliphatic carbocycles. The minimum absolute atomic E-state index is 0.0153. The molecule has 4 rings (SSSR count). The number of rotatable bonds is 5. The van der Waals surface area contributed by atoms with Crippen LogP contribution in [-0.2, 0) is 26.7 Å². The number of nitrogens with zero attached hydrogens (tertiary/aromatic N) is 1. The summed E-state index contributed by atoms with van der Waals surface area (Å²) >= 11 is 0. The second kappa shape index (κ2) is 5.68. The molecule has 2 aromatic carbocycles. The van der Waals surface area contributed by atoms with Gasteiger partial charge in [-0.1, -0.05) is 30.3 Å². The van der Waals surface area contributed by atoms with Gasteiger partial charge in [0.25, 0.3) is 0 Å². The van der Waals surface area contributed by atoms with Gasteiger partial charge in [0.2, 0.25) is 15.9 Å². The van der Waals surface area contributed by atoms with E-state index in [0.29, 0.717) is 6.54 Å². The normalized spacial score (nSPS) is 18.3. The van der Waals surface area contributed by atoms with E-state index in [0.717, 1.165) is 24.1 Å². The van der Waals surface area contributed by atoms with Crippen LogP contribution in [0.1, 0.15) is 24.0 Å². The Morgan fingerprint density at radius 2 is 1.84 bits per heavy atom. The molecule has 0 unspecified atom stereocenters. The van der Waals surface area contributed by atoms with Crippen molar-refractivity contribution in [1.82, 2.24) is 4.72 Å². The molecule has 1 saturated carbocycles. The predicted octanol–water partition coefficient (Wildman–Crippen LogP) is 2.22. The van der Waals surface area contributed by atoms with E-state index in [4.69, 9.17) is 0 Å². The number of likely N-dealkylation sites (N-methyl/N-ethyl adjacent to an activating group) is 1. The predicted molar refractivity (Wildman–Crippen MR) is 96.1 cm³/mol. The first kappa shape index (κ1) is 16.3. The molecule has 0 atom stereocenters. The lowest BCUT2D eigenvalue weighted by Gasteiger charge is -2.17. The van der Waals surface area contributed by atoms with Crippen molar-refractivity contribution in [2.24, 2.45) is 0 Å². The van der Waals surface area contributed by atoms with Gasteiger partial charge in [-0.15, -0.1) is 0 Å². The Balaban J connectivity index is 1.54. The second-order valence-corrected chi connectivity index (χ2v) is 8.66. The van der Waals surface area contributed by atoms with Gasteiger partial charge in [0.1, 0.15) is 0 Å². The van der Waals surface area contributed by atoms with Crippen molar-refractivity contribution in [2.75, 3.05) is 18.5 Å². The Hall–Kier alpha value is -2.18. The molecule has 0 bridgehead atoms. The molecular weight excluding hydrogens is 336 g/mol. The van der Waals surface area contributed by atoms with E-state index in [1.54, 1.807) is 30.1 Å². The Kier molecular flexibility index (Phi) is 3.70. The Labute approximate surface area is 147 Å². The lowest BCUT2D eigenvalue weighted by atomic mass is 9.96. The van der Waals surface area contributed by atoms with E-state index in [1.165, 1.54) is 5.56 Å². The van der Waals surface area contributed by atoms with Crippen LogP contribution in [0.5, 0.6) is 0 Å². The van der Waals surface area contributed by atoms with E-state index in [9.17, 15) is 13.2 Å². The van der Waals surface area contributed by atoms with Gasteiger partial charge in [0.05, 0.1) is 11.3 Å². The number of carbonyl (C=O) groups is 1. The number of amides is 1. The molecule has 1 fully saturated rings. The molecule has 130 valence electrons. The standard InChI is InChI=1S/C19H20N2O3S/c1-21-17-8-7-16(11-14(17)12-18(21)22)25(23,24)20-13-19(9-10-19)15-5-3-2-4-6-15/h2-8,11,20H,9-10,12-13H2,1H3. The smallest absolute Gasteiger partial charge is 0.240 e. The van der Waals surface area contributed by atoms with E-state index in [1.807, 2.05) is 18.2 Å². The summed E-state index contributed by atoms with van der Waals surface area (Å²) in [5.74, 6) is -0.0153. The monoisotopic (exact) mass is 356 g/mol. The van der Waals surface area contributed by atoms with Crippen LogP contribution >= 0.6 is 0 Å². The maximum Gasteiger partial charge on any atom is 0.240 e. The quantitative estimate of drug-likeness (QED) is 0.893. The SMILES string of the molecule is CN1C(=O)Cc2cc(S(=O)(=O)NCC3(c4ccccc4)CC3)ccc21. The third kappa shape index (κ3) is 2.85. The van der Waals surface area contributed by atoms with Gasteiger partial charge >= 0.3 is 0 Å². The molecule has 2 aliphatic rings. The number of benzene rings is 2. The zero-order valence-electron chi connectivity index (χ0n) is 14.0. The molecular formula is C19H20N2O3S. The summed E-state index contributed by atoms with van der Waals surface area (Å²) in [7, 11) is -1.89. The summed E-state index contributed by atoms with van der Waals surface area (Å²) in [5.41, 5.74) is 2.65. The van der Waals surface area contributed by atoms with Crippen LogP contribution in [0.3, 0.4) is 0 Å². The fourth-order valence-corrected chi connectivity index (χ4v) is 4.62. The van der Waals surface area contributed by atoms with Crippen LogP contribution in [0, 0.1) is 0 Å². The van der Waals surface area contributed by atoms with Crippen molar-refractivity contribution in [1.29, 1.82) is 0 Å². The summed E-state index contributed by atoms with van der Waals surface area (Å²) in [6, 6.07) is 14.9. The first-order valence-electron chi connectivity index (χ1n) is 8.36. The molecule has 0 spiro atoms. The summed E-state index contributed by atoms with van der Waals surface area (Å²) < 4.78 is 28.1. The van der Waals surface area contributed by atoms with Crippen LogP contribution in [0.25, 0.3) is 0 Å². The molecule has 25 heavy (non-hydrogen) atoms. The van der Waals surface area contributed by atoms with Crippen molar-refractivity contribution in [3.63, 3.8) is 0 Å². The first-order valence-corrected chi connectivity index (χ1v) is 9.84. The maximum absolute atomic E-state index is 12.7. The van der Waals surface area contributed by atoms with Crippen LogP contribution in [0.2, 0.25) is 0 Å². The molecule has 2 aromatic rings. The second-order valence-electron chi connectivity index (χ2n) is 6.89. The number of hydrogen-bond acceptors (Lipinski definition) is 3. The molecule has 0 radical (unpaired) electrons. The van der Waals surface area contributed by atoms with Crippen LogP contribution in [0.4, 0.5) is 5.69 Å². The van der Waals surface area contributed by atoms with E-state index >= 15 is 0 Å². The third-order valence-corrected chi connectivity index (χ3v) is 6.68. The topological polar surface area (TPSA) is 66.5 Å². The third-order valence-electron chi connectivity index (χ3n) is 5.28. The van der Waals surface area contributed by atoms with Gasteiger partial charge in [-0.2, -0.15) is 0 Å². The van der Waals surface area contributed by atoms with Gasteiger partial charge in [-0.25, -0.2) is 13.1 Å². The van der Waals surface area contributed by atoms with Crippen molar-refractivity contribution in [2.45, 2.75) is 29.6 Å². The largest absolute Gasteiger partial charge is 0.315 e. The number of anilines is 1. The Morgan fingerprint density at radius 1 is 1.12 bits per heavy atom. The molecule has 0 aromatic heterocycles. The zero-order valence-corrected chi connectivity index (χ0v) is 14.8. The van der Waals surface area contributed by atoms with Gasteiger partial charge in [0, 0.05) is 24.7 Å². The average molecular weight is 356 g/mol. The minimum Gasteiger partial charge on any atom is -0.315 e. The molecule has 1 amide bonds. The highest BCUT2D eigenvalue weighted by molar-refractivity contribution is 7.89. The first-order chi connectivity index (χ1) is 11.9. The number of fused-ring (bicyclic) bond motifs is 1. The van der Waals surface area contributed by atoms with E-state index in [-0.39, 0.29) is 22.6 Å². The number of nitrogens with one attached hydrogen (secondary N) is 1. The Bertz CT molecular complexity index is 934. The van der Waals surface area contributed by atoms with Crippen LogP contribution < -0.4 is 9.62 Å². The molecule has 1 heterocycles. The summed E-state index contributed by atoms with van der Waals surface area (Å²) in [6.45, 7) is 0.398. The lowest BCUT2D eigenvalue weighted by Crippen LogP contribution is -2.32. The summed E-state index contributed by atoms with van der Waals surface area (Å²) in [4.78, 5) is 13.6.